The molecule has 0 aliphatic heterocycles. The second-order valence-electron chi connectivity index (χ2n) is 3.81. The SMILES string of the molecule is CCS(=O)(=O)c1ccc(C(NC)C(=O)NC)cc1. The van der Waals surface area contributed by atoms with E-state index in [1.807, 2.05) is 0 Å². The van der Waals surface area contributed by atoms with Gasteiger partial charge < -0.3 is 10.6 Å². The van der Waals surface area contributed by atoms with Crippen molar-refractivity contribution >= 4 is 15.7 Å². The largest absolute Gasteiger partial charge is 0.358 e. The molecule has 1 aromatic carbocycles. The first-order chi connectivity index (χ1) is 8.46. The van der Waals surface area contributed by atoms with Gasteiger partial charge in [-0.05, 0) is 24.7 Å². The van der Waals surface area contributed by atoms with Crippen LogP contribution >= 0.6 is 0 Å². The highest BCUT2D eigenvalue weighted by Crippen LogP contribution is 2.17. The van der Waals surface area contributed by atoms with Gasteiger partial charge >= 0.3 is 0 Å². The van der Waals surface area contributed by atoms with E-state index >= 15 is 0 Å². The van der Waals surface area contributed by atoms with E-state index in [1.165, 1.54) is 12.1 Å². The van der Waals surface area contributed by atoms with Crippen molar-refractivity contribution in [3.63, 3.8) is 0 Å². The van der Waals surface area contributed by atoms with Crippen LogP contribution in [0.25, 0.3) is 0 Å². The van der Waals surface area contributed by atoms with Crippen molar-refractivity contribution in [1.29, 1.82) is 0 Å². The number of hydrogen-bond acceptors (Lipinski definition) is 4. The number of carbonyl (C=O) groups excluding carboxylic acids is 1. The lowest BCUT2D eigenvalue weighted by molar-refractivity contribution is -0.122. The van der Waals surface area contributed by atoms with Crippen molar-refractivity contribution in [2.75, 3.05) is 19.8 Å². The fourth-order valence-corrected chi connectivity index (χ4v) is 2.51. The van der Waals surface area contributed by atoms with Gasteiger partial charge in [0.15, 0.2) is 9.84 Å². The maximum atomic E-state index is 11.6. The molecule has 100 valence electrons. The molecule has 6 heteroatoms. The minimum atomic E-state index is -3.19. The van der Waals surface area contributed by atoms with Crippen molar-refractivity contribution in [3.8, 4) is 0 Å². The third-order valence-electron chi connectivity index (χ3n) is 2.75. The Morgan fingerprint density at radius 2 is 1.78 bits per heavy atom. The Kier molecular flexibility index (Phi) is 4.86. The molecule has 1 aromatic rings. The van der Waals surface area contributed by atoms with E-state index in [0.29, 0.717) is 0 Å². The number of nitrogens with one attached hydrogen (secondary N) is 2. The highest BCUT2D eigenvalue weighted by molar-refractivity contribution is 7.91. The van der Waals surface area contributed by atoms with E-state index in [2.05, 4.69) is 10.6 Å². The highest BCUT2D eigenvalue weighted by Gasteiger charge is 2.18. The average Bonchev–Trinajstić information content (AvgIpc) is 2.40. The first kappa shape index (κ1) is 14.7. The lowest BCUT2D eigenvalue weighted by Gasteiger charge is -2.15. The van der Waals surface area contributed by atoms with Crippen molar-refractivity contribution in [1.82, 2.24) is 10.6 Å². The van der Waals surface area contributed by atoms with E-state index < -0.39 is 15.9 Å². The third-order valence-corrected chi connectivity index (χ3v) is 4.50. The molecule has 0 aliphatic rings. The van der Waals surface area contributed by atoms with Gasteiger partial charge in [0, 0.05) is 7.05 Å². The molecule has 0 heterocycles. The summed E-state index contributed by atoms with van der Waals surface area (Å²) in [6, 6.07) is 5.88. The normalized spacial score (nSPS) is 13.1. The van der Waals surface area contributed by atoms with E-state index in [-0.39, 0.29) is 16.6 Å². The zero-order valence-electron chi connectivity index (χ0n) is 10.7. The van der Waals surface area contributed by atoms with Gasteiger partial charge in [0.05, 0.1) is 10.6 Å². The number of rotatable bonds is 5. The summed E-state index contributed by atoms with van der Waals surface area (Å²) in [6.45, 7) is 1.60. The van der Waals surface area contributed by atoms with Gasteiger partial charge in [0.25, 0.3) is 0 Å². The summed E-state index contributed by atoms with van der Waals surface area (Å²) in [5.41, 5.74) is 0.729. The maximum Gasteiger partial charge on any atom is 0.241 e. The minimum Gasteiger partial charge on any atom is -0.358 e. The molecule has 18 heavy (non-hydrogen) atoms. The van der Waals surface area contributed by atoms with Gasteiger partial charge in [-0.1, -0.05) is 19.1 Å². The topological polar surface area (TPSA) is 75.3 Å². The van der Waals surface area contributed by atoms with Crippen LogP contribution in [0.15, 0.2) is 29.2 Å². The van der Waals surface area contributed by atoms with Crippen LogP contribution in [0.2, 0.25) is 0 Å². The number of carbonyl (C=O) groups is 1. The summed E-state index contributed by atoms with van der Waals surface area (Å²) in [6.07, 6.45) is 0. The Balaban J connectivity index is 3.05. The van der Waals surface area contributed by atoms with Crippen LogP contribution in [-0.2, 0) is 14.6 Å². The quantitative estimate of drug-likeness (QED) is 0.816. The number of benzene rings is 1. The molecular weight excluding hydrogens is 252 g/mol. The summed E-state index contributed by atoms with van der Waals surface area (Å²) in [7, 11) is 0.0412. The number of likely N-dealkylation sites (N-methyl/N-ethyl adjacent to an activating group) is 2. The molecule has 1 amide bonds. The molecule has 0 saturated heterocycles. The molecule has 0 aromatic heterocycles. The van der Waals surface area contributed by atoms with Crippen LogP contribution < -0.4 is 10.6 Å². The molecule has 1 atom stereocenters. The van der Waals surface area contributed by atoms with Crippen molar-refractivity contribution < 1.29 is 13.2 Å². The lowest BCUT2D eigenvalue weighted by Crippen LogP contribution is -2.33. The lowest BCUT2D eigenvalue weighted by atomic mass is 10.1. The monoisotopic (exact) mass is 270 g/mol. The fraction of sp³-hybridized carbons (Fsp3) is 0.417. The van der Waals surface area contributed by atoms with Crippen LogP contribution in [-0.4, -0.2) is 34.2 Å². The van der Waals surface area contributed by atoms with Gasteiger partial charge in [0.2, 0.25) is 5.91 Å². The average molecular weight is 270 g/mol. The van der Waals surface area contributed by atoms with E-state index in [4.69, 9.17) is 0 Å². The predicted molar refractivity (Wildman–Crippen MR) is 70.0 cm³/mol. The van der Waals surface area contributed by atoms with Crippen molar-refractivity contribution in [3.05, 3.63) is 29.8 Å². The van der Waals surface area contributed by atoms with Gasteiger partial charge in [-0.15, -0.1) is 0 Å². The third kappa shape index (κ3) is 3.08. The van der Waals surface area contributed by atoms with Gasteiger partial charge in [-0.2, -0.15) is 0 Å². The summed E-state index contributed by atoms with van der Waals surface area (Å²) in [5, 5.41) is 5.43. The molecular formula is C12H18N2O3S. The smallest absolute Gasteiger partial charge is 0.241 e. The molecule has 0 fully saturated rings. The van der Waals surface area contributed by atoms with Gasteiger partial charge in [0.1, 0.15) is 6.04 Å². The second kappa shape index (κ2) is 5.97. The molecule has 1 rings (SSSR count). The van der Waals surface area contributed by atoms with Crippen molar-refractivity contribution in [2.45, 2.75) is 17.9 Å². The Morgan fingerprint density at radius 1 is 1.22 bits per heavy atom. The molecule has 2 N–H and O–H groups in total. The van der Waals surface area contributed by atoms with E-state index in [1.54, 1.807) is 33.2 Å². The Hall–Kier alpha value is -1.40. The number of sulfone groups is 1. The predicted octanol–water partition coefficient (Wildman–Crippen LogP) is 0.487. The minimum absolute atomic E-state index is 0.0667. The first-order valence-corrected chi connectivity index (χ1v) is 7.33. The Labute approximate surface area is 108 Å². The summed E-state index contributed by atoms with van der Waals surface area (Å²) in [4.78, 5) is 11.9. The zero-order chi connectivity index (χ0) is 13.8. The Morgan fingerprint density at radius 3 is 2.17 bits per heavy atom. The molecule has 0 saturated carbocycles. The van der Waals surface area contributed by atoms with Crippen LogP contribution in [0.4, 0.5) is 0 Å². The maximum absolute atomic E-state index is 11.6. The van der Waals surface area contributed by atoms with E-state index in [9.17, 15) is 13.2 Å². The summed E-state index contributed by atoms with van der Waals surface area (Å²) in [5.74, 6) is -0.0966. The highest BCUT2D eigenvalue weighted by atomic mass is 32.2. The number of amides is 1. The first-order valence-electron chi connectivity index (χ1n) is 5.67. The van der Waals surface area contributed by atoms with E-state index in [0.717, 1.165) is 5.56 Å². The molecule has 0 aliphatic carbocycles. The van der Waals surface area contributed by atoms with Crippen molar-refractivity contribution in [2.24, 2.45) is 0 Å². The molecule has 1 unspecified atom stereocenters. The molecule has 5 nitrogen and oxygen atoms in total. The zero-order valence-corrected chi connectivity index (χ0v) is 11.5. The van der Waals surface area contributed by atoms with Crippen LogP contribution in [0, 0.1) is 0 Å². The van der Waals surface area contributed by atoms with Crippen LogP contribution in [0.3, 0.4) is 0 Å². The molecule has 0 spiro atoms. The molecule has 0 radical (unpaired) electrons. The number of hydrogen-bond donors (Lipinski definition) is 2. The summed E-state index contributed by atoms with van der Waals surface area (Å²) < 4.78 is 23.3. The van der Waals surface area contributed by atoms with Gasteiger partial charge in [-0.3, -0.25) is 4.79 Å². The van der Waals surface area contributed by atoms with Gasteiger partial charge in [-0.25, -0.2) is 8.42 Å². The van der Waals surface area contributed by atoms with Crippen LogP contribution in [0.5, 0.6) is 0 Å². The summed E-state index contributed by atoms with van der Waals surface area (Å²) >= 11 is 0. The fourth-order valence-electron chi connectivity index (χ4n) is 1.63. The Bertz CT molecular complexity index is 509. The molecule has 0 bridgehead atoms. The van der Waals surface area contributed by atoms with Crippen LogP contribution in [0.1, 0.15) is 18.5 Å². The standard InChI is InChI=1S/C12H18N2O3S/c1-4-18(16,17)10-7-5-9(6-8-10)11(13-2)12(15)14-3/h5-8,11,13H,4H2,1-3H3,(H,14,15). The second-order valence-corrected chi connectivity index (χ2v) is 6.09.